The van der Waals surface area contributed by atoms with Crippen LogP contribution < -0.4 is 5.32 Å². The number of benzene rings is 2. The van der Waals surface area contributed by atoms with Gasteiger partial charge in [-0.3, -0.25) is 15.0 Å². The lowest BCUT2D eigenvalue weighted by Crippen LogP contribution is -2.47. The molecule has 1 fully saturated rings. The van der Waals surface area contributed by atoms with E-state index in [1.54, 1.807) is 0 Å². The molecule has 7 nitrogen and oxygen atoms in total. The number of rotatable bonds is 9. The van der Waals surface area contributed by atoms with Gasteiger partial charge in [0.05, 0.1) is 17.6 Å². The summed E-state index contributed by atoms with van der Waals surface area (Å²) in [7, 11) is 0. The normalized spacial score (nSPS) is 17.1. The molecule has 0 radical (unpaired) electrons. The predicted molar refractivity (Wildman–Crippen MR) is 121 cm³/mol. The van der Waals surface area contributed by atoms with Crippen LogP contribution in [-0.2, 0) is 27.4 Å². The van der Waals surface area contributed by atoms with Crippen molar-refractivity contribution in [3.63, 3.8) is 0 Å². The molecular formula is C24H30N4O3. The van der Waals surface area contributed by atoms with E-state index >= 15 is 0 Å². The van der Waals surface area contributed by atoms with Crippen LogP contribution in [0.5, 0.6) is 0 Å². The third kappa shape index (κ3) is 5.50. The Kier molecular flexibility index (Phi) is 7.30. The molecule has 164 valence electrons. The van der Waals surface area contributed by atoms with E-state index in [1.807, 2.05) is 49.4 Å². The van der Waals surface area contributed by atoms with Crippen LogP contribution in [0, 0.1) is 0 Å². The van der Waals surface area contributed by atoms with Crippen LogP contribution in [0.3, 0.4) is 0 Å². The van der Waals surface area contributed by atoms with Gasteiger partial charge in [0.1, 0.15) is 6.10 Å². The fraction of sp³-hybridized carbons (Fsp3) is 0.417. The van der Waals surface area contributed by atoms with Crippen molar-refractivity contribution in [3.8, 4) is 0 Å². The summed E-state index contributed by atoms with van der Waals surface area (Å²) in [5.41, 5.74) is 3.11. The summed E-state index contributed by atoms with van der Waals surface area (Å²) < 4.78 is 13.3. The summed E-state index contributed by atoms with van der Waals surface area (Å²) in [4.78, 5) is 19.9. The van der Waals surface area contributed by atoms with Gasteiger partial charge in [-0.15, -0.1) is 0 Å². The topological polar surface area (TPSA) is 68.6 Å². The van der Waals surface area contributed by atoms with Gasteiger partial charge in [0.2, 0.25) is 5.95 Å². The monoisotopic (exact) mass is 422 g/mol. The molecule has 4 rings (SSSR count). The largest absolute Gasteiger partial charge is 0.382 e. The highest BCUT2D eigenvalue weighted by atomic mass is 16.5. The van der Waals surface area contributed by atoms with E-state index in [4.69, 9.17) is 9.47 Å². The Morgan fingerprint density at radius 1 is 1.19 bits per heavy atom. The summed E-state index contributed by atoms with van der Waals surface area (Å²) in [6, 6.07) is 18.2. The number of hydrogen-bond acceptors (Lipinski definition) is 5. The number of morpholine rings is 1. The Morgan fingerprint density at radius 3 is 2.84 bits per heavy atom. The van der Waals surface area contributed by atoms with Crippen LogP contribution in [0.1, 0.15) is 18.9 Å². The van der Waals surface area contributed by atoms with Gasteiger partial charge in [-0.05, 0) is 31.0 Å². The first kappa shape index (κ1) is 21.5. The van der Waals surface area contributed by atoms with Crippen molar-refractivity contribution >= 4 is 22.9 Å². The van der Waals surface area contributed by atoms with E-state index < -0.39 is 6.10 Å². The minimum absolute atomic E-state index is 0.154. The number of nitrogens with one attached hydrogen (secondary N) is 1. The maximum Gasteiger partial charge on any atom is 0.257 e. The molecular weight excluding hydrogens is 392 g/mol. The van der Waals surface area contributed by atoms with Crippen molar-refractivity contribution in [2.45, 2.75) is 32.5 Å². The lowest BCUT2D eigenvalue weighted by Gasteiger charge is -2.32. The zero-order chi connectivity index (χ0) is 21.5. The van der Waals surface area contributed by atoms with Crippen LogP contribution in [-0.4, -0.2) is 59.4 Å². The highest BCUT2D eigenvalue weighted by Gasteiger charge is 2.28. The molecule has 1 N–H and O–H groups in total. The van der Waals surface area contributed by atoms with Gasteiger partial charge in [0.25, 0.3) is 5.91 Å². The second-order valence-corrected chi connectivity index (χ2v) is 7.70. The van der Waals surface area contributed by atoms with Crippen molar-refractivity contribution in [3.05, 3.63) is 60.2 Å². The van der Waals surface area contributed by atoms with Crippen molar-refractivity contribution in [2.24, 2.45) is 0 Å². The van der Waals surface area contributed by atoms with Gasteiger partial charge >= 0.3 is 0 Å². The van der Waals surface area contributed by atoms with Crippen LogP contribution in [0.25, 0.3) is 11.0 Å². The number of nitrogens with zero attached hydrogens (tertiary/aromatic N) is 3. The number of aromatic nitrogens is 2. The summed E-state index contributed by atoms with van der Waals surface area (Å²) >= 11 is 0. The van der Waals surface area contributed by atoms with E-state index in [-0.39, 0.29) is 5.91 Å². The van der Waals surface area contributed by atoms with Gasteiger partial charge in [0.15, 0.2) is 0 Å². The SMILES string of the molecule is CCOCCCn1c(NC(=O)C2CN(Cc3ccccc3)CCO2)nc2ccccc21. The molecule has 0 spiro atoms. The summed E-state index contributed by atoms with van der Waals surface area (Å²) in [5, 5.41) is 3.02. The zero-order valence-corrected chi connectivity index (χ0v) is 18.0. The first-order valence-corrected chi connectivity index (χ1v) is 11.0. The second-order valence-electron chi connectivity index (χ2n) is 7.70. The number of anilines is 1. The highest BCUT2D eigenvalue weighted by Crippen LogP contribution is 2.21. The van der Waals surface area contributed by atoms with E-state index in [1.165, 1.54) is 5.56 Å². The fourth-order valence-corrected chi connectivity index (χ4v) is 3.90. The number of fused-ring (bicyclic) bond motifs is 1. The zero-order valence-electron chi connectivity index (χ0n) is 18.0. The Morgan fingerprint density at radius 2 is 2.00 bits per heavy atom. The predicted octanol–water partition coefficient (Wildman–Crippen LogP) is 3.30. The molecule has 3 aromatic rings. The molecule has 31 heavy (non-hydrogen) atoms. The average molecular weight is 423 g/mol. The summed E-state index contributed by atoms with van der Waals surface area (Å²) in [6.45, 7) is 6.81. The van der Waals surface area contributed by atoms with Crippen molar-refractivity contribution in [2.75, 3.05) is 38.2 Å². The third-order valence-electron chi connectivity index (χ3n) is 5.46. The number of hydrogen-bond donors (Lipinski definition) is 1. The molecule has 1 atom stereocenters. The van der Waals surface area contributed by atoms with Gasteiger partial charge in [-0.25, -0.2) is 4.98 Å². The van der Waals surface area contributed by atoms with Gasteiger partial charge < -0.3 is 14.0 Å². The molecule has 0 bridgehead atoms. The quantitative estimate of drug-likeness (QED) is 0.536. The smallest absolute Gasteiger partial charge is 0.257 e. The molecule has 1 aliphatic heterocycles. The molecule has 1 unspecified atom stereocenters. The van der Waals surface area contributed by atoms with Crippen molar-refractivity contribution in [1.29, 1.82) is 0 Å². The Balaban J connectivity index is 1.43. The first-order valence-electron chi connectivity index (χ1n) is 11.0. The molecule has 1 aliphatic rings. The molecule has 1 aromatic heterocycles. The molecule has 1 saturated heterocycles. The summed E-state index contributed by atoms with van der Waals surface area (Å²) in [5.74, 6) is 0.408. The van der Waals surface area contributed by atoms with E-state index in [2.05, 4.69) is 31.9 Å². The number of carbonyl (C=O) groups excluding carboxylic acids is 1. The van der Waals surface area contributed by atoms with Crippen LogP contribution in [0.15, 0.2) is 54.6 Å². The average Bonchev–Trinajstić information content (AvgIpc) is 3.14. The second kappa shape index (κ2) is 10.5. The number of carbonyl (C=O) groups is 1. The van der Waals surface area contributed by atoms with Crippen molar-refractivity contribution < 1.29 is 14.3 Å². The van der Waals surface area contributed by atoms with Crippen molar-refractivity contribution in [1.82, 2.24) is 14.5 Å². The molecule has 7 heteroatoms. The lowest BCUT2D eigenvalue weighted by atomic mass is 10.2. The van der Waals surface area contributed by atoms with Crippen LogP contribution in [0.2, 0.25) is 0 Å². The Bertz CT molecular complexity index is 989. The van der Waals surface area contributed by atoms with E-state index in [0.717, 1.165) is 37.1 Å². The fourth-order valence-electron chi connectivity index (χ4n) is 3.90. The van der Waals surface area contributed by atoms with E-state index in [0.29, 0.717) is 32.3 Å². The number of imidazole rings is 1. The molecule has 2 heterocycles. The van der Waals surface area contributed by atoms with Crippen LogP contribution in [0.4, 0.5) is 5.95 Å². The van der Waals surface area contributed by atoms with Crippen LogP contribution >= 0.6 is 0 Å². The van der Waals surface area contributed by atoms with Gasteiger partial charge in [0, 0.05) is 39.4 Å². The van der Waals surface area contributed by atoms with Gasteiger partial charge in [-0.1, -0.05) is 42.5 Å². The Hall–Kier alpha value is -2.74. The maximum atomic E-state index is 13.0. The Labute approximate surface area is 183 Å². The van der Waals surface area contributed by atoms with E-state index in [9.17, 15) is 4.79 Å². The minimum atomic E-state index is -0.519. The molecule has 2 aromatic carbocycles. The molecule has 0 aliphatic carbocycles. The molecule has 0 saturated carbocycles. The number of aryl methyl sites for hydroxylation is 1. The van der Waals surface area contributed by atoms with Gasteiger partial charge in [-0.2, -0.15) is 0 Å². The first-order chi connectivity index (χ1) is 15.2. The minimum Gasteiger partial charge on any atom is -0.382 e. The maximum absolute atomic E-state index is 13.0. The molecule has 1 amide bonds. The number of para-hydroxylation sites is 2. The standard InChI is InChI=1S/C24H30N4O3/c1-2-30-15-8-13-28-21-12-7-6-11-20(21)25-24(28)26-23(29)22-18-27(14-16-31-22)17-19-9-4-3-5-10-19/h3-7,9-12,22H,2,8,13-18H2,1H3,(H,25,26,29). The number of ether oxygens (including phenoxy) is 2. The highest BCUT2D eigenvalue weighted by molar-refractivity contribution is 5.94. The summed E-state index contributed by atoms with van der Waals surface area (Å²) in [6.07, 6.45) is 0.330. The third-order valence-corrected chi connectivity index (χ3v) is 5.46. The number of amides is 1. The lowest BCUT2D eigenvalue weighted by molar-refractivity contribution is -0.133.